The Morgan fingerprint density at radius 3 is 2.94 bits per heavy atom. The van der Waals surface area contributed by atoms with Gasteiger partial charge >= 0.3 is 0 Å². The molecule has 0 aliphatic carbocycles. The molecule has 98 valence electrons. The van der Waals surface area contributed by atoms with E-state index in [4.69, 9.17) is 5.73 Å². The van der Waals surface area contributed by atoms with E-state index in [9.17, 15) is 9.90 Å². The van der Waals surface area contributed by atoms with Crippen molar-refractivity contribution in [2.24, 2.45) is 5.73 Å². The molecule has 1 aromatic rings. The van der Waals surface area contributed by atoms with Crippen LogP contribution in [-0.2, 0) is 16.8 Å². The molecule has 0 aromatic heterocycles. The predicted octanol–water partition coefficient (Wildman–Crippen LogP) is 1.85. The molecule has 4 heteroatoms. The lowest BCUT2D eigenvalue weighted by Crippen LogP contribution is -2.34. The van der Waals surface area contributed by atoms with Crippen molar-refractivity contribution < 1.29 is 9.90 Å². The van der Waals surface area contributed by atoms with Crippen LogP contribution in [0.15, 0.2) is 23.1 Å². The number of fused-ring (bicyclic) bond motifs is 1. The van der Waals surface area contributed by atoms with E-state index in [1.54, 1.807) is 11.8 Å². The molecular formula is C14H19NO2S. The Morgan fingerprint density at radius 2 is 2.28 bits per heavy atom. The Balaban J connectivity index is 2.39. The molecule has 1 aliphatic heterocycles. The zero-order chi connectivity index (χ0) is 13.2. The molecule has 0 spiro atoms. The highest BCUT2D eigenvalue weighted by molar-refractivity contribution is 7.99. The number of carbonyl (C=O) groups is 1. The molecule has 3 nitrogen and oxygen atoms in total. The summed E-state index contributed by atoms with van der Waals surface area (Å²) >= 11 is 1.71. The molecule has 0 fully saturated rings. The fourth-order valence-electron chi connectivity index (χ4n) is 2.19. The first-order valence-electron chi connectivity index (χ1n) is 6.29. The van der Waals surface area contributed by atoms with Crippen LogP contribution in [0, 0.1) is 0 Å². The summed E-state index contributed by atoms with van der Waals surface area (Å²) in [7, 11) is 0. The zero-order valence-electron chi connectivity index (χ0n) is 10.6. The van der Waals surface area contributed by atoms with Gasteiger partial charge in [0, 0.05) is 30.0 Å². The topological polar surface area (TPSA) is 63.3 Å². The molecule has 0 amide bonds. The van der Waals surface area contributed by atoms with Crippen LogP contribution < -0.4 is 5.73 Å². The van der Waals surface area contributed by atoms with E-state index < -0.39 is 5.60 Å². The summed E-state index contributed by atoms with van der Waals surface area (Å²) in [6, 6.07) is 5.88. The Labute approximate surface area is 112 Å². The molecule has 0 radical (unpaired) electrons. The Morgan fingerprint density at radius 1 is 1.50 bits per heavy atom. The van der Waals surface area contributed by atoms with Crippen LogP contribution in [0.5, 0.6) is 0 Å². The summed E-state index contributed by atoms with van der Waals surface area (Å²) in [6.07, 6.45) is 1.67. The number of aliphatic hydroxyl groups is 1. The largest absolute Gasteiger partial charge is 0.384 e. The Bertz CT molecular complexity index is 455. The minimum Gasteiger partial charge on any atom is -0.384 e. The Kier molecular flexibility index (Phi) is 4.10. The number of thioether (sulfide) groups is 1. The van der Waals surface area contributed by atoms with E-state index >= 15 is 0 Å². The molecule has 0 bridgehead atoms. The third kappa shape index (κ3) is 2.60. The van der Waals surface area contributed by atoms with Gasteiger partial charge in [0.15, 0.2) is 0 Å². The normalized spacial score (nSPS) is 18.9. The van der Waals surface area contributed by atoms with Crippen molar-refractivity contribution in [1.82, 2.24) is 0 Å². The molecule has 1 aliphatic rings. The van der Waals surface area contributed by atoms with E-state index in [-0.39, 0.29) is 12.3 Å². The molecular weight excluding hydrogens is 246 g/mol. The number of nitrogens with two attached hydrogens (primary N) is 1. The van der Waals surface area contributed by atoms with E-state index in [0.29, 0.717) is 19.3 Å². The van der Waals surface area contributed by atoms with E-state index in [1.807, 2.05) is 25.1 Å². The average molecular weight is 265 g/mol. The number of ketones is 1. The second kappa shape index (κ2) is 5.43. The molecule has 1 aromatic carbocycles. The van der Waals surface area contributed by atoms with Crippen molar-refractivity contribution in [2.45, 2.75) is 36.7 Å². The SMILES string of the molecule is CCC(O)(CN)c1ccc2c(c1)CC(=O)CCS2. The molecule has 3 N–H and O–H groups in total. The van der Waals surface area contributed by atoms with Gasteiger partial charge < -0.3 is 10.8 Å². The summed E-state index contributed by atoms with van der Waals surface area (Å²) < 4.78 is 0. The van der Waals surface area contributed by atoms with Crippen LogP contribution in [0.1, 0.15) is 30.9 Å². The molecule has 1 heterocycles. The quantitative estimate of drug-likeness (QED) is 0.875. The lowest BCUT2D eigenvalue weighted by atomic mass is 9.89. The number of Topliss-reactive ketones (excluding diaryl/α,β-unsaturated/α-hetero) is 1. The van der Waals surface area contributed by atoms with Crippen molar-refractivity contribution in [3.63, 3.8) is 0 Å². The van der Waals surface area contributed by atoms with Gasteiger partial charge in [-0.15, -0.1) is 11.8 Å². The van der Waals surface area contributed by atoms with Gasteiger partial charge in [-0.3, -0.25) is 4.79 Å². The highest BCUT2D eigenvalue weighted by atomic mass is 32.2. The number of hydrogen-bond donors (Lipinski definition) is 2. The van der Waals surface area contributed by atoms with Gasteiger partial charge in [0.05, 0.1) is 0 Å². The number of hydrogen-bond acceptors (Lipinski definition) is 4. The molecule has 0 saturated carbocycles. The minimum absolute atomic E-state index is 0.198. The maximum absolute atomic E-state index is 11.6. The lowest BCUT2D eigenvalue weighted by Gasteiger charge is -2.26. The van der Waals surface area contributed by atoms with Crippen molar-refractivity contribution >= 4 is 17.5 Å². The third-order valence-electron chi connectivity index (χ3n) is 3.55. The van der Waals surface area contributed by atoms with Crippen LogP contribution in [-0.4, -0.2) is 23.2 Å². The average Bonchev–Trinajstić information content (AvgIpc) is 2.57. The highest BCUT2D eigenvalue weighted by Gasteiger charge is 2.26. The first-order valence-corrected chi connectivity index (χ1v) is 7.28. The number of rotatable bonds is 3. The molecule has 2 rings (SSSR count). The minimum atomic E-state index is -0.977. The summed E-state index contributed by atoms with van der Waals surface area (Å²) in [6.45, 7) is 2.11. The van der Waals surface area contributed by atoms with Gasteiger partial charge in [-0.1, -0.05) is 19.1 Å². The highest BCUT2D eigenvalue weighted by Crippen LogP contribution is 2.32. The second-order valence-electron chi connectivity index (χ2n) is 4.73. The van der Waals surface area contributed by atoms with Crippen LogP contribution in [0.3, 0.4) is 0 Å². The third-order valence-corrected chi connectivity index (χ3v) is 4.66. The van der Waals surface area contributed by atoms with E-state index in [0.717, 1.165) is 21.8 Å². The van der Waals surface area contributed by atoms with Crippen molar-refractivity contribution in [3.05, 3.63) is 29.3 Å². The zero-order valence-corrected chi connectivity index (χ0v) is 11.4. The van der Waals surface area contributed by atoms with Gasteiger partial charge in [0.25, 0.3) is 0 Å². The standard InChI is InChI=1S/C14H19NO2S/c1-2-14(17,9-15)11-3-4-13-10(7-11)8-12(16)5-6-18-13/h3-4,7,17H,2,5-6,8-9,15H2,1H3. The molecule has 0 saturated heterocycles. The van der Waals surface area contributed by atoms with Gasteiger partial charge in [0.1, 0.15) is 11.4 Å². The van der Waals surface area contributed by atoms with Crippen molar-refractivity contribution in [3.8, 4) is 0 Å². The summed E-state index contributed by atoms with van der Waals surface area (Å²) in [5, 5.41) is 10.4. The molecule has 1 atom stereocenters. The van der Waals surface area contributed by atoms with Crippen LogP contribution in [0.2, 0.25) is 0 Å². The fourth-order valence-corrected chi connectivity index (χ4v) is 3.22. The first-order chi connectivity index (χ1) is 8.59. The predicted molar refractivity (Wildman–Crippen MR) is 73.7 cm³/mol. The maximum atomic E-state index is 11.6. The van der Waals surface area contributed by atoms with Gasteiger partial charge in [-0.05, 0) is 23.6 Å². The van der Waals surface area contributed by atoms with Crippen LogP contribution >= 0.6 is 11.8 Å². The molecule has 18 heavy (non-hydrogen) atoms. The fraction of sp³-hybridized carbons (Fsp3) is 0.500. The van der Waals surface area contributed by atoms with Gasteiger partial charge in [0.2, 0.25) is 0 Å². The van der Waals surface area contributed by atoms with Crippen molar-refractivity contribution in [1.29, 1.82) is 0 Å². The van der Waals surface area contributed by atoms with E-state index in [1.165, 1.54) is 0 Å². The lowest BCUT2D eigenvalue weighted by molar-refractivity contribution is -0.118. The summed E-state index contributed by atoms with van der Waals surface area (Å²) in [5.41, 5.74) is 6.53. The summed E-state index contributed by atoms with van der Waals surface area (Å²) in [4.78, 5) is 12.8. The second-order valence-corrected chi connectivity index (χ2v) is 5.86. The van der Waals surface area contributed by atoms with E-state index in [2.05, 4.69) is 0 Å². The van der Waals surface area contributed by atoms with Crippen LogP contribution in [0.4, 0.5) is 0 Å². The van der Waals surface area contributed by atoms with Gasteiger partial charge in [-0.2, -0.15) is 0 Å². The first kappa shape index (κ1) is 13.6. The monoisotopic (exact) mass is 265 g/mol. The maximum Gasteiger partial charge on any atom is 0.138 e. The van der Waals surface area contributed by atoms with Crippen LogP contribution in [0.25, 0.3) is 0 Å². The number of carbonyl (C=O) groups excluding carboxylic acids is 1. The smallest absolute Gasteiger partial charge is 0.138 e. The van der Waals surface area contributed by atoms with Gasteiger partial charge in [-0.25, -0.2) is 0 Å². The number of benzene rings is 1. The van der Waals surface area contributed by atoms with Crippen molar-refractivity contribution in [2.75, 3.05) is 12.3 Å². The molecule has 1 unspecified atom stereocenters. The summed E-state index contributed by atoms with van der Waals surface area (Å²) in [5.74, 6) is 1.12. The Hall–Kier alpha value is -0.840.